The fourth-order valence-corrected chi connectivity index (χ4v) is 3.19. The van der Waals surface area contributed by atoms with E-state index in [0.717, 1.165) is 44.1 Å². The highest BCUT2D eigenvalue weighted by atomic mass is 16.2. The van der Waals surface area contributed by atoms with Gasteiger partial charge in [-0.2, -0.15) is 0 Å². The summed E-state index contributed by atoms with van der Waals surface area (Å²) in [5.41, 5.74) is 3.87. The molecule has 25 heavy (non-hydrogen) atoms. The lowest BCUT2D eigenvalue weighted by molar-refractivity contribution is 0.0658. The van der Waals surface area contributed by atoms with E-state index >= 15 is 0 Å². The lowest BCUT2D eigenvalue weighted by atomic mass is 10.2. The number of nitrogens with zero attached hydrogens (tertiary/aromatic N) is 4. The normalized spacial score (nSPS) is 15.2. The highest BCUT2D eigenvalue weighted by Gasteiger charge is 2.22. The molecule has 0 saturated carbocycles. The Kier molecular flexibility index (Phi) is 5.34. The van der Waals surface area contributed by atoms with Crippen LogP contribution < -0.4 is 4.90 Å². The molecule has 1 aromatic carbocycles. The van der Waals surface area contributed by atoms with E-state index in [-0.39, 0.29) is 5.91 Å². The molecule has 0 unspecified atom stereocenters. The molecule has 2 aromatic rings. The van der Waals surface area contributed by atoms with E-state index in [1.54, 1.807) is 6.20 Å². The van der Waals surface area contributed by atoms with Crippen LogP contribution in [0.15, 0.2) is 42.6 Å². The third-order valence-corrected chi connectivity index (χ3v) is 4.69. The van der Waals surface area contributed by atoms with Crippen LogP contribution in [0.5, 0.6) is 0 Å². The van der Waals surface area contributed by atoms with Gasteiger partial charge in [0.25, 0.3) is 5.91 Å². The van der Waals surface area contributed by atoms with Gasteiger partial charge in [-0.3, -0.25) is 9.78 Å². The van der Waals surface area contributed by atoms with Gasteiger partial charge < -0.3 is 14.7 Å². The monoisotopic (exact) mass is 338 g/mol. The molecule has 0 bridgehead atoms. The topological polar surface area (TPSA) is 39.7 Å². The number of benzene rings is 1. The molecule has 3 rings (SSSR count). The average molecular weight is 338 g/mol. The number of hydrogen-bond acceptors (Lipinski definition) is 4. The van der Waals surface area contributed by atoms with E-state index in [1.165, 1.54) is 5.56 Å². The van der Waals surface area contributed by atoms with Crippen LogP contribution in [0.25, 0.3) is 0 Å². The lowest BCUT2D eigenvalue weighted by Crippen LogP contribution is -2.47. The number of carbonyl (C=O) groups excluding carboxylic acids is 1. The predicted octanol–water partition coefficient (Wildman–Crippen LogP) is 2.94. The highest BCUT2D eigenvalue weighted by molar-refractivity contribution is 5.93. The van der Waals surface area contributed by atoms with E-state index in [9.17, 15) is 4.79 Å². The van der Waals surface area contributed by atoms with E-state index in [0.29, 0.717) is 5.69 Å². The molecular formula is C20H26N4O. The van der Waals surface area contributed by atoms with Crippen LogP contribution in [0.4, 0.5) is 11.4 Å². The van der Waals surface area contributed by atoms with Crippen molar-refractivity contribution in [2.24, 2.45) is 0 Å². The Morgan fingerprint density at radius 1 is 1.12 bits per heavy atom. The number of likely N-dealkylation sites (N-methyl/N-ethyl adjacent to an activating group) is 1. The first-order valence-electron chi connectivity index (χ1n) is 8.86. The Labute approximate surface area is 149 Å². The maximum atomic E-state index is 12.8. The minimum Gasteiger partial charge on any atom is -0.342 e. The number of piperazine rings is 1. The Morgan fingerprint density at radius 2 is 1.84 bits per heavy atom. The first-order valence-corrected chi connectivity index (χ1v) is 8.86. The zero-order valence-corrected chi connectivity index (χ0v) is 15.3. The Balaban J connectivity index is 1.84. The molecule has 0 spiro atoms. The Morgan fingerprint density at radius 3 is 2.52 bits per heavy atom. The van der Waals surface area contributed by atoms with Crippen molar-refractivity contribution in [1.29, 1.82) is 0 Å². The minimum absolute atomic E-state index is 0.0234. The molecule has 132 valence electrons. The number of hydrogen-bond donors (Lipinski definition) is 0. The second-order valence-electron chi connectivity index (χ2n) is 6.58. The standard InChI is InChI=1S/C20H26N4O/c1-4-24(17-7-5-6-16(2)14-17)18-8-9-21-19(15-18)20(25)23-12-10-22(3)11-13-23/h5-9,14-15H,4,10-13H2,1-3H3. The maximum absolute atomic E-state index is 12.8. The number of aryl methyl sites for hydroxylation is 1. The summed E-state index contributed by atoms with van der Waals surface area (Å²) in [7, 11) is 2.08. The molecule has 1 saturated heterocycles. The quantitative estimate of drug-likeness (QED) is 0.859. The molecule has 5 nitrogen and oxygen atoms in total. The number of rotatable bonds is 4. The van der Waals surface area contributed by atoms with Crippen LogP contribution in [-0.4, -0.2) is 60.5 Å². The van der Waals surface area contributed by atoms with Gasteiger partial charge in [-0.05, 0) is 50.7 Å². The fraction of sp³-hybridized carbons (Fsp3) is 0.400. The Hall–Kier alpha value is -2.40. The minimum atomic E-state index is 0.0234. The van der Waals surface area contributed by atoms with Gasteiger partial charge in [0.2, 0.25) is 0 Å². The van der Waals surface area contributed by atoms with Crippen molar-refractivity contribution in [2.45, 2.75) is 13.8 Å². The molecule has 2 heterocycles. The van der Waals surface area contributed by atoms with E-state index in [2.05, 4.69) is 59.9 Å². The molecular weight excluding hydrogens is 312 g/mol. The van der Waals surface area contributed by atoms with Gasteiger partial charge in [-0.25, -0.2) is 0 Å². The van der Waals surface area contributed by atoms with Crippen molar-refractivity contribution in [1.82, 2.24) is 14.8 Å². The summed E-state index contributed by atoms with van der Waals surface area (Å²) in [6.45, 7) is 8.38. The van der Waals surface area contributed by atoms with Crippen LogP contribution in [0, 0.1) is 6.92 Å². The van der Waals surface area contributed by atoms with E-state index in [4.69, 9.17) is 0 Å². The number of aromatic nitrogens is 1. The number of carbonyl (C=O) groups is 1. The first-order chi connectivity index (χ1) is 12.1. The average Bonchev–Trinajstić information content (AvgIpc) is 2.63. The van der Waals surface area contributed by atoms with Crippen molar-refractivity contribution in [2.75, 3.05) is 44.7 Å². The van der Waals surface area contributed by atoms with E-state index in [1.807, 2.05) is 17.0 Å². The van der Waals surface area contributed by atoms with Crippen LogP contribution in [0.2, 0.25) is 0 Å². The summed E-state index contributed by atoms with van der Waals surface area (Å²) >= 11 is 0. The van der Waals surface area contributed by atoms with Crippen molar-refractivity contribution in [3.05, 3.63) is 53.9 Å². The van der Waals surface area contributed by atoms with Crippen molar-refractivity contribution in [3.63, 3.8) is 0 Å². The van der Waals surface area contributed by atoms with Crippen molar-refractivity contribution in [3.8, 4) is 0 Å². The molecule has 1 fully saturated rings. The van der Waals surface area contributed by atoms with Crippen LogP contribution in [-0.2, 0) is 0 Å². The largest absolute Gasteiger partial charge is 0.342 e. The molecule has 1 aliphatic heterocycles. The molecule has 0 atom stereocenters. The summed E-state index contributed by atoms with van der Waals surface area (Å²) in [6.07, 6.45) is 1.73. The number of amides is 1. The first kappa shape index (κ1) is 17.4. The molecule has 5 heteroatoms. The van der Waals surface area contributed by atoms with Crippen LogP contribution in [0.1, 0.15) is 23.0 Å². The van der Waals surface area contributed by atoms with Crippen LogP contribution >= 0.6 is 0 Å². The van der Waals surface area contributed by atoms with E-state index < -0.39 is 0 Å². The second-order valence-corrected chi connectivity index (χ2v) is 6.58. The lowest BCUT2D eigenvalue weighted by Gasteiger charge is -2.32. The summed E-state index contributed by atoms with van der Waals surface area (Å²) < 4.78 is 0. The fourth-order valence-electron chi connectivity index (χ4n) is 3.19. The number of anilines is 2. The van der Waals surface area contributed by atoms with Gasteiger partial charge in [-0.1, -0.05) is 12.1 Å². The summed E-state index contributed by atoms with van der Waals surface area (Å²) in [5.74, 6) is 0.0234. The second kappa shape index (κ2) is 7.66. The SMILES string of the molecule is CCN(c1cccc(C)c1)c1ccnc(C(=O)N2CCN(C)CC2)c1. The van der Waals surface area contributed by atoms with Gasteiger partial charge in [0.1, 0.15) is 5.69 Å². The summed E-state index contributed by atoms with van der Waals surface area (Å²) in [5, 5.41) is 0. The van der Waals surface area contributed by atoms with Crippen molar-refractivity contribution < 1.29 is 4.79 Å². The Bertz CT molecular complexity index is 738. The molecule has 1 aromatic heterocycles. The molecule has 0 N–H and O–H groups in total. The third kappa shape index (κ3) is 3.99. The van der Waals surface area contributed by atoms with Gasteiger partial charge in [0.05, 0.1) is 0 Å². The van der Waals surface area contributed by atoms with Gasteiger partial charge in [0, 0.05) is 50.3 Å². The van der Waals surface area contributed by atoms with Crippen molar-refractivity contribution >= 4 is 17.3 Å². The summed E-state index contributed by atoms with van der Waals surface area (Å²) in [4.78, 5) is 23.5. The molecule has 0 radical (unpaired) electrons. The number of pyridine rings is 1. The zero-order chi connectivity index (χ0) is 17.8. The zero-order valence-electron chi connectivity index (χ0n) is 15.3. The van der Waals surface area contributed by atoms with Gasteiger partial charge in [0.15, 0.2) is 0 Å². The molecule has 1 amide bonds. The van der Waals surface area contributed by atoms with Gasteiger partial charge >= 0.3 is 0 Å². The smallest absolute Gasteiger partial charge is 0.272 e. The summed E-state index contributed by atoms with van der Waals surface area (Å²) in [6, 6.07) is 12.3. The van der Waals surface area contributed by atoms with Gasteiger partial charge in [-0.15, -0.1) is 0 Å². The third-order valence-electron chi connectivity index (χ3n) is 4.69. The van der Waals surface area contributed by atoms with Crippen LogP contribution in [0.3, 0.4) is 0 Å². The molecule has 0 aliphatic carbocycles. The predicted molar refractivity (Wildman–Crippen MR) is 101 cm³/mol. The molecule has 1 aliphatic rings. The maximum Gasteiger partial charge on any atom is 0.272 e. The highest BCUT2D eigenvalue weighted by Crippen LogP contribution is 2.26.